The van der Waals surface area contributed by atoms with Gasteiger partial charge in [0.05, 0.1) is 26.2 Å². The molecular weight excluding hydrogens is 230 g/mol. The van der Waals surface area contributed by atoms with Crippen molar-refractivity contribution in [3.8, 4) is 0 Å². The second kappa shape index (κ2) is 7.74. The van der Waals surface area contributed by atoms with Crippen LogP contribution >= 0.6 is 0 Å². The van der Waals surface area contributed by atoms with Crippen LogP contribution in [0.2, 0.25) is 0 Å². The summed E-state index contributed by atoms with van der Waals surface area (Å²) < 4.78 is 10.6. The van der Waals surface area contributed by atoms with Crippen LogP contribution in [-0.2, 0) is 14.3 Å². The second-order valence-corrected chi connectivity index (χ2v) is 4.91. The maximum Gasteiger partial charge on any atom is 0.307 e. The Bertz CT molecular complexity index is 251. The average Bonchev–Trinajstić information content (AvgIpc) is 2.39. The second-order valence-electron chi connectivity index (χ2n) is 4.91. The quantitative estimate of drug-likeness (QED) is 0.656. The van der Waals surface area contributed by atoms with Gasteiger partial charge in [0.1, 0.15) is 0 Å². The maximum atomic E-state index is 11.9. The molecule has 4 heteroatoms. The Morgan fingerprint density at radius 2 is 1.94 bits per heavy atom. The molecule has 1 atom stereocenters. The highest BCUT2D eigenvalue weighted by atomic mass is 16.5. The molecule has 1 heterocycles. The Kier molecular flexibility index (Phi) is 6.65. The summed E-state index contributed by atoms with van der Waals surface area (Å²) in [6.07, 6.45) is 3.62. The van der Waals surface area contributed by atoms with Gasteiger partial charge in [0.25, 0.3) is 0 Å². The zero-order chi connectivity index (χ0) is 13.4. The van der Waals surface area contributed by atoms with Gasteiger partial charge in [-0.2, -0.15) is 0 Å². The lowest BCUT2D eigenvalue weighted by molar-refractivity contribution is -0.148. The van der Waals surface area contributed by atoms with Crippen LogP contribution in [0.15, 0.2) is 0 Å². The smallest absolute Gasteiger partial charge is 0.307 e. The SMILES string of the molecule is CCCC(CC)(CC(=O)OCC)N1CCOCC1. The van der Waals surface area contributed by atoms with Gasteiger partial charge in [-0.15, -0.1) is 0 Å². The summed E-state index contributed by atoms with van der Waals surface area (Å²) in [4.78, 5) is 14.3. The summed E-state index contributed by atoms with van der Waals surface area (Å²) >= 11 is 0. The molecule has 1 rings (SSSR count). The van der Waals surface area contributed by atoms with Crippen molar-refractivity contribution < 1.29 is 14.3 Å². The molecule has 0 radical (unpaired) electrons. The fraction of sp³-hybridized carbons (Fsp3) is 0.929. The standard InChI is InChI=1S/C14H27NO3/c1-4-7-14(5-2,12-13(16)18-6-3)15-8-10-17-11-9-15/h4-12H2,1-3H3. The zero-order valence-electron chi connectivity index (χ0n) is 12.0. The minimum Gasteiger partial charge on any atom is -0.466 e. The van der Waals surface area contributed by atoms with Crippen LogP contribution in [-0.4, -0.2) is 49.3 Å². The third kappa shape index (κ3) is 3.95. The maximum absolute atomic E-state index is 11.9. The number of carbonyl (C=O) groups is 1. The third-order valence-electron chi connectivity index (χ3n) is 3.83. The number of esters is 1. The minimum absolute atomic E-state index is 0.0369. The molecule has 0 amide bonds. The van der Waals surface area contributed by atoms with Gasteiger partial charge in [0.15, 0.2) is 0 Å². The van der Waals surface area contributed by atoms with Crippen LogP contribution in [0.4, 0.5) is 0 Å². The summed E-state index contributed by atoms with van der Waals surface area (Å²) in [5.74, 6) is -0.0701. The van der Waals surface area contributed by atoms with E-state index >= 15 is 0 Å². The van der Waals surface area contributed by atoms with E-state index in [0.717, 1.165) is 45.6 Å². The fourth-order valence-corrected chi connectivity index (χ4v) is 2.87. The minimum atomic E-state index is -0.0701. The van der Waals surface area contributed by atoms with Gasteiger partial charge in [-0.05, 0) is 19.8 Å². The van der Waals surface area contributed by atoms with E-state index in [4.69, 9.17) is 9.47 Å². The van der Waals surface area contributed by atoms with Gasteiger partial charge in [0.2, 0.25) is 0 Å². The van der Waals surface area contributed by atoms with Gasteiger partial charge >= 0.3 is 5.97 Å². The largest absolute Gasteiger partial charge is 0.466 e. The molecule has 18 heavy (non-hydrogen) atoms. The average molecular weight is 257 g/mol. The lowest BCUT2D eigenvalue weighted by Gasteiger charge is -2.45. The highest BCUT2D eigenvalue weighted by Crippen LogP contribution is 2.30. The van der Waals surface area contributed by atoms with Gasteiger partial charge < -0.3 is 9.47 Å². The zero-order valence-corrected chi connectivity index (χ0v) is 12.0. The lowest BCUT2D eigenvalue weighted by Crippen LogP contribution is -2.54. The molecule has 0 aliphatic carbocycles. The van der Waals surface area contributed by atoms with Crippen molar-refractivity contribution in [2.75, 3.05) is 32.9 Å². The van der Waals surface area contributed by atoms with Crippen LogP contribution in [0.3, 0.4) is 0 Å². The first kappa shape index (κ1) is 15.4. The summed E-state index contributed by atoms with van der Waals surface area (Å²) in [6.45, 7) is 10.1. The van der Waals surface area contributed by atoms with Crippen molar-refractivity contribution in [3.05, 3.63) is 0 Å². The molecule has 1 aliphatic heterocycles. The van der Waals surface area contributed by atoms with Crippen LogP contribution in [0.5, 0.6) is 0 Å². The molecule has 106 valence electrons. The van der Waals surface area contributed by atoms with E-state index in [9.17, 15) is 4.79 Å². The molecule has 1 aliphatic rings. The topological polar surface area (TPSA) is 38.8 Å². The predicted octanol–water partition coefficient (Wildman–Crippen LogP) is 2.22. The fourth-order valence-electron chi connectivity index (χ4n) is 2.87. The molecule has 0 bridgehead atoms. The lowest BCUT2D eigenvalue weighted by atomic mass is 9.84. The van der Waals surface area contributed by atoms with E-state index < -0.39 is 0 Å². The first-order valence-corrected chi connectivity index (χ1v) is 7.17. The first-order chi connectivity index (χ1) is 8.68. The van der Waals surface area contributed by atoms with Crippen molar-refractivity contribution in [2.45, 2.75) is 52.0 Å². The predicted molar refractivity (Wildman–Crippen MR) is 71.6 cm³/mol. The summed E-state index contributed by atoms with van der Waals surface area (Å²) in [5, 5.41) is 0. The number of hydrogen-bond acceptors (Lipinski definition) is 4. The van der Waals surface area contributed by atoms with E-state index in [-0.39, 0.29) is 11.5 Å². The van der Waals surface area contributed by atoms with Crippen molar-refractivity contribution in [2.24, 2.45) is 0 Å². The number of hydrogen-bond donors (Lipinski definition) is 0. The monoisotopic (exact) mass is 257 g/mol. The molecule has 0 spiro atoms. The Labute approximate surface area is 111 Å². The molecule has 1 saturated heterocycles. The molecule has 0 N–H and O–H groups in total. The first-order valence-electron chi connectivity index (χ1n) is 7.17. The highest BCUT2D eigenvalue weighted by Gasteiger charge is 2.37. The molecule has 0 saturated carbocycles. The van der Waals surface area contributed by atoms with E-state index in [2.05, 4.69) is 18.7 Å². The van der Waals surface area contributed by atoms with Gasteiger partial charge in [0, 0.05) is 18.6 Å². The number of rotatable bonds is 7. The van der Waals surface area contributed by atoms with Gasteiger partial charge in [-0.25, -0.2) is 0 Å². The van der Waals surface area contributed by atoms with E-state index in [0.29, 0.717) is 13.0 Å². The number of nitrogens with zero attached hydrogens (tertiary/aromatic N) is 1. The number of carbonyl (C=O) groups excluding carboxylic acids is 1. The molecule has 0 aromatic heterocycles. The van der Waals surface area contributed by atoms with Crippen molar-refractivity contribution in [3.63, 3.8) is 0 Å². The Hall–Kier alpha value is -0.610. The highest BCUT2D eigenvalue weighted by molar-refractivity contribution is 5.70. The summed E-state index contributed by atoms with van der Waals surface area (Å²) in [5.41, 5.74) is -0.0369. The normalized spacial score (nSPS) is 20.4. The van der Waals surface area contributed by atoms with Gasteiger partial charge in [-0.3, -0.25) is 9.69 Å². The molecule has 4 nitrogen and oxygen atoms in total. The van der Waals surface area contributed by atoms with E-state index in [1.165, 1.54) is 0 Å². The number of ether oxygens (including phenoxy) is 2. The summed E-state index contributed by atoms with van der Waals surface area (Å²) in [7, 11) is 0. The van der Waals surface area contributed by atoms with E-state index in [1.807, 2.05) is 6.92 Å². The summed E-state index contributed by atoms with van der Waals surface area (Å²) in [6, 6.07) is 0. The third-order valence-corrected chi connectivity index (χ3v) is 3.83. The Balaban J connectivity index is 2.74. The van der Waals surface area contributed by atoms with E-state index in [1.54, 1.807) is 0 Å². The van der Waals surface area contributed by atoms with Crippen LogP contribution in [0.25, 0.3) is 0 Å². The molecule has 0 aromatic rings. The van der Waals surface area contributed by atoms with Gasteiger partial charge in [-0.1, -0.05) is 20.3 Å². The molecule has 1 unspecified atom stereocenters. The van der Waals surface area contributed by atoms with Crippen molar-refractivity contribution in [1.82, 2.24) is 4.90 Å². The Morgan fingerprint density at radius 3 is 2.44 bits per heavy atom. The van der Waals surface area contributed by atoms with Crippen LogP contribution in [0.1, 0.15) is 46.5 Å². The number of morpholine rings is 1. The Morgan fingerprint density at radius 1 is 1.28 bits per heavy atom. The van der Waals surface area contributed by atoms with Crippen molar-refractivity contribution in [1.29, 1.82) is 0 Å². The molecular formula is C14H27NO3. The van der Waals surface area contributed by atoms with Crippen LogP contribution < -0.4 is 0 Å². The molecule has 1 fully saturated rings. The van der Waals surface area contributed by atoms with Crippen LogP contribution in [0, 0.1) is 0 Å². The molecule has 0 aromatic carbocycles. The van der Waals surface area contributed by atoms with Crippen molar-refractivity contribution >= 4 is 5.97 Å².